The van der Waals surface area contributed by atoms with Crippen LogP contribution in [-0.2, 0) is 28.7 Å². The van der Waals surface area contributed by atoms with E-state index in [0.29, 0.717) is 18.6 Å². The molecule has 0 N–H and O–H groups in total. The Morgan fingerprint density at radius 2 is 2.10 bits per heavy atom. The van der Waals surface area contributed by atoms with Crippen LogP contribution in [0, 0.1) is 0 Å². The Hall–Kier alpha value is -1.92. The lowest BCUT2D eigenvalue weighted by Crippen LogP contribution is -2.42. The van der Waals surface area contributed by atoms with Gasteiger partial charge in [0, 0.05) is 12.8 Å². The monoisotopic (exact) mass is 285 g/mol. The summed E-state index contributed by atoms with van der Waals surface area (Å²) in [5.41, 5.74) is -0.729. The predicted octanol–water partition coefficient (Wildman–Crippen LogP) is 0.997. The van der Waals surface area contributed by atoms with Crippen LogP contribution < -0.4 is 0 Å². The van der Waals surface area contributed by atoms with Crippen LogP contribution in [0.5, 0.6) is 0 Å². The molecule has 7 nitrogen and oxygen atoms in total. The number of unbranched alkanes of at least 4 members (excludes halogenated alkanes) is 2. The van der Waals surface area contributed by atoms with Crippen molar-refractivity contribution in [2.75, 3.05) is 14.2 Å². The Morgan fingerprint density at radius 3 is 2.70 bits per heavy atom. The van der Waals surface area contributed by atoms with E-state index in [9.17, 15) is 14.4 Å². The number of hydrogen-bond donors (Lipinski definition) is 0. The van der Waals surface area contributed by atoms with Crippen molar-refractivity contribution in [2.24, 2.45) is 5.16 Å². The summed E-state index contributed by atoms with van der Waals surface area (Å²) in [5, 5.41) is 3.86. The maximum atomic E-state index is 11.8. The molecule has 1 aliphatic heterocycles. The van der Waals surface area contributed by atoms with Crippen molar-refractivity contribution in [1.29, 1.82) is 0 Å². The molecule has 0 saturated carbocycles. The number of rotatable bonds is 8. The normalized spacial score (nSPS) is 20.8. The van der Waals surface area contributed by atoms with Gasteiger partial charge >= 0.3 is 11.9 Å². The number of methoxy groups -OCH3 is 2. The first-order chi connectivity index (χ1) is 9.57. The van der Waals surface area contributed by atoms with Crippen LogP contribution in [-0.4, -0.2) is 43.8 Å². The van der Waals surface area contributed by atoms with Crippen LogP contribution in [0.15, 0.2) is 5.16 Å². The van der Waals surface area contributed by atoms with E-state index in [1.54, 1.807) is 0 Å². The van der Waals surface area contributed by atoms with E-state index in [1.807, 2.05) is 0 Å². The summed E-state index contributed by atoms with van der Waals surface area (Å²) in [4.78, 5) is 38.6. The van der Waals surface area contributed by atoms with E-state index in [-0.39, 0.29) is 12.8 Å². The number of ether oxygens (including phenoxy) is 2. The Morgan fingerprint density at radius 1 is 1.35 bits per heavy atom. The molecule has 0 aromatic rings. The first-order valence-corrected chi connectivity index (χ1v) is 6.41. The third-order valence-electron chi connectivity index (χ3n) is 3.09. The second kappa shape index (κ2) is 7.62. The number of carbonyl (C=O) groups is 3. The zero-order valence-corrected chi connectivity index (χ0v) is 11.7. The predicted molar refractivity (Wildman–Crippen MR) is 69.0 cm³/mol. The SMILES string of the molecule is COC(=O)CC1(C(=O)OC)CC(CCCCC=O)=NO1. The van der Waals surface area contributed by atoms with Gasteiger partial charge in [-0.25, -0.2) is 4.79 Å². The summed E-state index contributed by atoms with van der Waals surface area (Å²) in [6.45, 7) is 0. The fraction of sp³-hybridized carbons (Fsp3) is 0.692. The second-order valence-corrected chi connectivity index (χ2v) is 4.58. The highest BCUT2D eigenvalue weighted by atomic mass is 16.7. The standard InChI is InChI=1S/C13H19NO6/c1-18-11(16)9-13(12(17)19-2)8-10(14-20-13)6-4-3-5-7-15/h7H,3-6,8-9H2,1-2H3. The van der Waals surface area contributed by atoms with Crippen molar-refractivity contribution in [3.63, 3.8) is 0 Å². The molecule has 0 bridgehead atoms. The topological polar surface area (TPSA) is 91.3 Å². The van der Waals surface area contributed by atoms with E-state index in [1.165, 1.54) is 14.2 Å². The summed E-state index contributed by atoms with van der Waals surface area (Å²) in [6.07, 6.45) is 3.48. The van der Waals surface area contributed by atoms with Gasteiger partial charge in [-0.15, -0.1) is 0 Å². The Bertz CT molecular complexity index is 406. The van der Waals surface area contributed by atoms with Gasteiger partial charge in [0.15, 0.2) is 0 Å². The zero-order valence-electron chi connectivity index (χ0n) is 11.7. The van der Waals surface area contributed by atoms with Gasteiger partial charge in [0.1, 0.15) is 6.29 Å². The third kappa shape index (κ3) is 4.04. The van der Waals surface area contributed by atoms with Crippen LogP contribution >= 0.6 is 0 Å². The molecule has 0 fully saturated rings. The average molecular weight is 285 g/mol. The molecule has 0 aromatic heterocycles. The molecule has 1 aliphatic rings. The van der Waals surface area contributed by atoms with Gasteiger partial charge in [0.05, 0.1) is 26.4 Å². The van der Waals surface area contributed by atoms with Gasteiger partial charge in [-0.1, -0.05) is 5.16 Å². The van der Waals surface area contributed by atoms with E-state index < -0.39 is 17.5 Å². The van der Waals surface area contributed by atoms with Gasteiger partial charge < -0.3 is 19.1 Å². The second-order valence-electron chi connectivity index (χ2n) is 4.58. The molecule has 1 rings (SSSR count). The van der Waals surface area contributed by atoms with Gasteiger partial charge in [0.25, 0.3) is 0 Å². The molecule has 1 atom stereocenters. The Kier molecular flexibility index (Phi) is 6.14. The average Bonchev–Trinajstić information content (AvgIpc) is 2.87. The summed E-state index contributed by atoms with van der Waals surface area (Å²) >= 11 is 0. The molecule has 112 valence electrons. The summed E-state index contributed by atoms with van der Waals surface area (Å²) < 4.78 is 9.25. The first kappa shape index (κ1) is 16.1. The molecule has 1 heterocycles. The molecular weight excluding hydrogens is 266 g/mol. The molecular formula is C13H19NO6. The Labute approximate surface area is 117 Å². The lowest BCUT2D eigenvalue weighted by molar-refractivity contribution is -0.173. The fourth-order valence-corrected chi connectivity index (χ4v) is 2.00. The van der Waals surface area contributed by atoms with Crippen LogP contribution in [0.2, 0.25) is 0 Å². The van der Waals surface area contributed by atoms with Gasteiger partial charge in [-0.05, 0) is 19.3 Å². The number of hydrogen-bond acceptors (Lipinski definition) is 7. The minimum atomic E-state index is -1.41. The number of nitrogens with zero attached hydrogens (tertiary/aromatic N) is 1. The van der Waals surface area contributed by atoms with Crippen molar-refractivity contribution in [3.8, 4) is 0 Å². The Balaban J connectivity index is 2.60. The van der Waals surface area contributed by atoms with Crippen molar-refractivity contribution in [2.45, 2.75) is 44.1 Å². The molecule has 0 radical (unpaired) electrons. The van der Waals surface area contributed by atoms with E-state index in [0.717, 1.165) is 19.1 Å². The lowest BCUT2D eigenvalue weighted by atomic mass is 9.92. The van der Waals surface area contributed by atoms with E-state index >= 15 is 0 Å². The van der Waals surface area contributed by atoms with Crippen molar-refractivity contribution >= 4 is 23.9 Å². The quantitative estimate of drug-likeness (QED) is 0.375. The summed E-state index contributed by atoms with van der Waals surface area (Å²) in [7, 11) is 2.47. The number of esters is 2. The largest absolute Gasteiger partial charge is 0.469 e. The zero-order chi connectivity index (χ0) is 15.0. The molecule has 0 spiro atoms. The third-order valence-corrected chi connectivity index (χ3v) is 3.09. The highest BCUT2D eigenvalue weighted by Crippen LogP contribution is 2.31. The molecule has 1 unspecified atom stereocenters. The number of aldehydes is 1. The van der Waals surface area contributed by atoms with Crippen molar-refractivity contribution in [3.05, 3.63) is 0 Å². The van der Waals surface area contributed by atoms with Crippen LogP contribution in [0.25, 0.3) is 0 Å². The van der Waals surface area contributed by atoms with Crippen LogP contribution in [0.3, 0.4) is 0 Å². The van der Waals surface area contributed by atoms with E-state index in [2.05, 4.69) is 14.6 Å². The first-order valence-electron chi connectivity index (χ1n) is 6.41. The van der Waals surface area contributed by atoms with Gasteiger partial charge in [0.2, 0.25) is 5.60 Å². The summed E-state index contributed by atoms with van der Waals surface area (Å²) in [5.74, 6) is -1.21. The lowest BCUT2D eigenvalue weighted by Gasteiger charge is -2.22. The highest BCUT2D eigenvalue weighted by Gasteiger charge is 2.49. The molecule has 7 heteroatoms. The molecule has 0 saturated heterocycles. The fourth-order valence-electron chi connectivity index (χ4n) is 2.00. The number of carbonyl (C=O) groups excluding carboxylic acids is 3. The highest BCUT2D eigenvalue weighted by molar-refractivity contribution is 5.96. The molecule has 0 amide bonds. The van der Waals surface area contributed by atoms with Crippen molar-refractivity contribution in [1.82, 2.24) is 0 Å². The van der Waals surface area contributed by atoms with Gasteiger partial charge in [-0.2, -0.15) is 0 Å². The van der Waals surface area contributed by atoms with Crippen LogP contribution in [0.4, 0.5) is 0 Å². The molecule has 0 aromatic carbocycles. The minimum Gasteiger partial charge on any atom is -0.469 e. The van der Waals surface area contributed by atoms with E-state index in [4.69, 9.17) is 4.84 Å². The van der Waals surface area contributed by atoms with Gasteiger partial charge in [-0.3, -0.25) is 4.79 Å². The van der Waals surface area contributed by atoms with Crippen LogP contribution in [0.1, 0.15) is 38.5 Å². The van der Waals surface area contributed by atoms with Crippen molar-refractivity contribution < 1.29 is 28.7 Å². The minimum absolute atomic E-state index is 0.204. The number of oxime groups is 1. The maximum absolute atomic E-state index is 11.8. The maximum Gasteiger partial charge on any atom is 0.354 e. The molecule has 20 heavy (non-hydrogen) atoms. The smallest absolute Gasteiger partial charge is 0.354 e. The molecule has 0 aliphatic carbocycles. The summed E-state index contributed by atoms with van der Waals surface area (Å²) in [6, 6.07) is 0.